The molecule has 66 valence electrons. The standard InChI is InChI=1S/C6H14N2O2S/c1-8(7-9)3-4-10-5-6-11-2/h3-6H2,1-2H3. The molecule has 0 aromatic rings. The van der Waals surface area contributed by atoms with E-state index < -0.39 is 0 Å². The van der Waals surface area contributed by atoms with Crippen molar-refractivity contribution in [1.82, 2.24) is 5.01 Å². The fourth-order valence-corrected chi connectivity index (χ4v) is 0.766. The average Bonchev–Trinajstić information content (AvgIpc) is 2.04. The molecular formula is C6H14N2O2S. The predicted molar refractivity (Wildman–Crippen MR) is 47.6 cm³/mol. The number of rotatable bonds is 7. The molecule has 4 nitrogen and oxygen atoms in total. The topological polar surface area (TPSA) is 41.9 Å². The van der Waals surface area contributed by atoms with Gasteiger partial charge in [0, 0.05) is 12.8 Å². The fourth-order valence-electron chi connectivity index (χ4n) is 0.482. The molecular weight excluding hydrogens is 164 g/mol. The molecule has 0 atom stereocenters. The lowest BCUT2D eigenvalue weighted by atomic mass is 10.7. The van der Waals surface area contributed by atoms with E-state index in [2.05, 4.69) is 5.29 Å². The minimum Gasteiger partial charge on any atom is -0.379 e. The minimum absolute atomic E-state index is 0.567. The van der Waals surface area contributed by atoms with Gasteiger partial charge in [0.1, 0.15) is 0 Å². The van der Waals surface area contributed by atoms with Crippen molar-refractivity contribution in [1.29, 1.82) is 0 Å². The van der Waals surface area contributed by atoms with E-state index in [4.69, 9.17) is 4.74 Å². The maximum atomic E-state index is 9.84. The molecule has 0 aliphatic carbocycles. The summed E-state index contributed by atoms with van der Waals surface area (Å²) in [5.41, 5.74) is 0. The van der Waals surface area contributed by atoms with Crippen molar-refractivity contribution in [2.45, 2.75) is 0 Å². The number of thioether (sulfide) groups is 1. The van der Waals surface area contributed by atoms with Crippen molar-refractivity contribution in [3.05, 3.63) is 4.91 Å². The molecule has 0 saturated heterocycles. The van der Waals surface area contributed by atoms with Gasteiger partial charge in [0.25, 0.3) is 0 Å². The molecule has 0 amide bonds. The molecule has 5 heteroatoms. The number of likely N-dealkylation sites (N-methyl/N-ethyl adjacent to an activating group) is 1. The largest absolute Gasteiger partial charge is 0.379 e. The second-order valence-corrected chi connectivity index (χ2v) is 3.05. The Kier molecular flexibility index (Phi) is 7.61. The van der Waals surface area contributed by atoms with Crippen LogP contribution in [0.15, 0.2) is 5.29 Å². The number of ether oxygens (including phenoxy) is 1. The molecule has 0 bridgehead atoms. The van der Waals surface area contributed by atoms with Crippen LogP contribution in [0.5, 0.6) is 0 Å². The summed E-state index contributed by atoms with van der Waals surface area (Å²) >= 11 is 1.74. The van der Waals surface area contributed by atoms with E-state index in [1.807, 2.05) is 6.26 Å². The molecule has 0 radical (unpaired) electrons. The van der Waals surface area contributed by atoms with Crippen LogP contribution in [0.1, 0.15) is 0 Å². The summed E-state index contributed by atoms with van der Waals surface area (Å²) in [4.78, 5) is 9.84. The van der Waals surface area contributed by atoms with E-state index in [1.54, 1.807) is 18.8 Å². The highest BCUT2D eigenvalue weighted by Crippen LogP contribution is 1.90. The van der Waals surface area contributed by atoms with Gasteiger partial charge < -0.3 is 4.74 Å². The summed E-state index contributed by atoms with van der Waals surface area (Å²) in [6.45, 7) is 1.88. The van der Waals surface area contributed by atoms with E-state index in [9.17, 15) is 4.91 Å². The molecule has 0 N–H and O–H groups in total. The van der Waals surface area contributed by atoms with Gasteiger partial charge in [0.15, 0.2) is 0 Å². The summed E-state index contributed by atoms with van der Waals surface area (Å²) in [5.74, 6) is 0.998. The Balaban J connectivity index is 2.95. The number of hydrogen-bond donors (Lipinski definition) is 0. The van der Waals surface area contributed by atoms with Gasteiger partial charge >= 0.3 is 0 Å². The Morgan fingerprint density at radius 3 is 2.82 bits per heavy atom. The smallest absolute Gasteiger partial charge is 0.0659 e. The Labute approximate surface area is 71.2 Å². The average molecular weight is 178 g/mol. The quantitative estimate of drug-likeness (QED) is 0.331. The molecule has 0 rings (SSSR count). The predicted octanol–water partition coefficient (Wildman–Crippen LogP) is 0.979. The van der Waals surface area contributed by atoms with E-state index in [0.29, 0.717) is 13.2 Å². The first-order valence-corrected chi connectivity index (χ1v) is 4.81. The van der Waals surface area contributed by atoms with Crippen LogP contribution in [0.3, 0.4) is 0 Å². The zero-order valence-corrected chi connectivity index (χ0v) is 7.76. The second-order valence-electron chi connectivity index (χ2n) is 2.07. The molecule has 0 fully saturated rings. The van der Waals surface area contributed by atoms with Crippen molar-refractivity contribution >= 4 is 11.8 Å². The van der Waals surface area contributed by atoms with Gasteiger partial charge in [-0.25, -0.2) is 0 Å². The number of hydrogen-bond acceptors (Lipinski definition) is 4. The summed E-state index contributed by atoms with van der Waals surface area (Å²) in [6.07, 6.45) is 2.03. The summed E-state index contributed by atoms with van der Waals surface area (Å²) in [5, 5.41) is 4.02. The lowest BCUT2D eigenvalue weighted by molar-refractivity contribution is 0.125. The molecule has 0 unspecified atom stereocenters. The van der Waals surface area contributed by atoms with Crippen molar-refractivity contribution in [2.75, 3.05) is 38.8 Å². The maximum absolute atomic E-state index is 9.84. The third-order valence-electron chi connectivity index (χ3n) is 1.13. The van der Waals surface area contributed by atoms with Crippen molar-refractivity contribution < 1.29 is 4.74 Å². The van der Waals surface area contributed by atoms with Gasteiger partial charge in [-0.15, -0.1) is 4.91 Å². The fraction of sp³-hybridized carbons (Fsp3) is 1.00. The van der Waals surface area contributed by atoms with Crippen LogP contribution in [-0.2, 0) is 4.74 Å². The molecule has 0 aromatic heterocycles. The van der Waals surface area contributed by atoms with Crippen molar-refractivity contribution in [3.63, 3.8) is 0 Å². The van der Waals surface area contributed by atoms with Gasteiger partial charge in [-0.05, 0) is 6.26 Å². The van der Waals surface area contributed by atoms with E-state index in [1.165, 1.54) is 5.01 Å². The van der Waals surface area contributed by atoms with Gasteiger partial charge in [-0.3, -0.25) is 5.01 Å². The SMILES string of the molecule is CSCCOCCN(C)N=O. The van der Waals surface area contributed by atoms with Gasteiger partial charge in [-0.2, -0.15) is 11.8 Å². The maximum Gasteiger partial charge on any atom is 0.0659 e. The first-order chi connectivity index (χ1) is 5.31. The summed E-state index contributed by atoms with van der Waals surface area (Å²) in [6, 6.07) is 0. The monoisotopic (exact) mass is 178 g/mol. The number of nitrogens with zero attached hydrogens (tertiary/aromatic N) is 2. The van der Waals surface area contributed by atoms with E-state index in [-0.39, 0.29) is 0 Å². The van der Waals surface area contributed by atoms with E-state index >= 15 is 0 Å². The van der Waals surface area contributed by atoms with Gasteiger partial charge in [-0.1, -0.05) is 0 Å². The summed E-state index contributed by atoms with van der Waals surface area (Å²) < 4.78 is 5.19. The van der Waals surface area contributed by atoms with Crippen molar-refractivity contribution in [2.24, 2.45) is 5.29 Å². The minimum atomic E-state index is 0.567. The molecule has 0 heterocycles. The van der Waals surface area contributed by atoms with Crippen LogP contribution in [-0.4, -0.2) is 43.8 Å². The molecule has 0 saturated carbocycles. The first kappa shape index (κ1) is 10.7. The second kappa shape index (κ2) is 7.81. The van der Waals surface area contributed by atoms with E-state index in [0.717, 1.165) is 12.4 Å². The van der Waals surface area contributed by atoms with Gasteiger partial charge in [0.05, 0.1) is 25.0 Å². The highest BCUT2D eigenvalue weighted by Gasteiger charge is 1.93. The molecule has 0 aromatic carbocycles. The number of nitroso groups, excluding NO2 is 1. The zero-order chi connectivity index (χ0) is 8.53. The Hall–Kier alpha value is -0.290. The lowest BCUT2D eigenvalue weighted by Gasteiger charge is -2.07. The third kappa shape index (κ3) is 7.61. The Morgan fingerprint density at radius 1 is 1.55 bits per heavy atom. The van der Waals surface area contributed by atoms with Gasteiger partial charge in [0.2, 0.25) is 0 Å². The van der Waals surface area contributed by atoms with Crippen LogP contribution < -0.4 is 0 Å². The zero-order valence-electron chi connectivity index (χ0n) is 6.95. The van der Waals surface area contributed by atoms with Crippen LogP contribution in [0.2, 0.25) is 0 Å². The highest BCUT2D eigenvalue weighted by molar-refractivity contribution is 7.98. The first-order valence-electron chi connectivity index (χ1n) is 3.42. The van der Waals surface area contributed by atoms with Crippen LogP contribution in [0.25, 0.3) is 0 Å². The lowest BCUT2D eigenvalue weighted by Crippen LogP contribution is -2.17. The molecule has 0 aliphatic heterocycles. The van der Waals surface area contributed by atoms with Crippen LogP contribution in [0.4, 0.5) is 0 Å². The third-order valence-corrected chi connectivity index (χ3v) is 1.71. The molecule has 11 heavy (non-hydrogen) atoms. The van der Waals surface area contributed by atoms with Crippen molar-refractivity contribution in [3.8, 4) is 0 Å². The van der Waals surface area contributed by atoms with Crippen LogP contribution in [0, 0.1) is 4.91 Å². The highest BCUT2D eigenvalue weighted by atomic mass is 32.2. The molecule has 0 spiro atoms. The Morgan fingerprint density at radius 2 is 2.27 bits per heavy atom. The summed E-state index contributed by atoms with van der Waals surface area (Å²) in [7, 11) is 1.63. The molecule has 0 aliphatic rings. The van der Waals surface area contributed by atoms with Crippen LogP contribution >= 0.6 is 11.8 Å². The Bertz CT molecular complexity index is 103. The normalized spacial score (nSPS) is 9.64.